The zero-order valence-corrected chi connectivity index (χ0v) is 16.6. The van der Waals surface area contributed by atoms with Gasteiger partial charge in [-0.1, -0.05) is 44.2 Å². The van der Waals surface area contributed by atoms with Crippen LogP contribution in [0.5, 0.6) is 17.4 Å². The van der Waals surface area contributed by atoms with Crippen molar-refractivity contribution in [1.82, 2.24) is 10.2 Å². The molecular formula is C23H26N2O3. The summed E-state index contributed by atoms with van der Waals surface area (Å²) in [5, 5.41) is 8.39. The molecular weight excluding hydrogens is 352 g/mol. The summed E-state index contributed by atoms with van der Waals surface area (Å²) in [6.07, 6.45) is 0. The molecule has 0 aliphatic rings. The SMILES string of the molecule is CCOc1ccc(C(C)(C)COCc2cccc(Oc3ccccc3)c2)nn1. The zero-order chi connectivity index (χ0) is 19.8. The molecule has 146 valence electrons. The van der Waals surface area contributed by atoms with Gasteiger partial charge < -0.3 is 14.2 Å². The topological polar surface area (TPSA) is 53.5 Å². The van der Waals surface area contributed by atoms with Gasteiger partial charge in [-0.25, -0.2) is 0 Å². The molecule has 1 heterocycles. The molecule has 0 amide bonds. The highest BCUT2D eigenvalue weighted by Crippen LogP contribution is 2.24. The quantitative estimate of drug-likeness (QED) is 0.515. The van der Waals surface area contributed by atoms with Gasteiger partial charge in [0.05, 0.1) is 25.5 Å². The van der Waals surface area contributed by atoms with Crippen molar-refractivity contribution < 1.29 is 14.2 Å². The van der Waals surface area contributed by atoms with Crippen molar-refractivity contribution >= 4 is 0 Å². The molecule has 0 aliphatic heterocycles. The van der Waals surface area contributed by atoms with Crippen LogP contribution < -0.4 is 9.47 Å². The molecule has 2 aromatic carbocycles. The number of nitrogens with zero attached hydrogens (tertiary/aromatic N) is 2. The number of ether oxygens (including phenoxy) is 3. The molecule has 0 spiro atoms. The van der Waals surface area contributed by atoms with E-state index in [1.807, 2.05) is 73.7 Å². The van der Waals surface area contributed by atoms with Crippen LogP contribution in [-0.4, -0.2) is 23.4 Å². The van der Waals surface area contributed by atoms with Crippen LogP contribution in [0.2, 0.25) is 0 Å². The van der Waals surface area contributed by atoms with Crippen molar-refractivity contribution in [2.45, 2.75) is 32.8 Å². The van der Waals surface area contributed by atoms with E-state index in [1.54, 1.807) is 0 Å². The summed E-state index contributed by atoms with van der Waals surface area (Å²) >= 11 is 0. The number of hydrogen-bond donors (Lipinski definition) is 0. The van der Waals surface area contributed by atoms with Gasteiger partial charge in [0.1, 0.15) is 11.5 Å². The lowest BCUT2D eigenvalue weighted by Crippen LogP contribution is -2.26. The van der Waals surface area contributed by atoms with Crippen LogP contribution in [0.25, 0.3) is 0 Å². The summed E-state index contributed by atoms with van der Waals surface area (Å²) in [5.74, 6) is 2.15. The minimum absolute atomic E-state index is 0.254. The molecule has 0 radical (unpaired) electrons. The second-order valence-electron chi connectivity index (χ2n) is 7.13. The highest BCUT2D eigenvalue weighted by Gasteiger charge is 2.23. The van der Waals surface area contributed by atoms with E-state index < -0.39 is 0 Å². The maximum atomic E-state index is 5.97. The molecule has 0 fully saturated rings. The molecule has 0 atom stereocenters. The number of rotatable bonds is 9. The summed E-state index contributed by atoms with van der Waals surface area (Å²) in [5.41, 5.74) is 1.68. The van der Waals surface area contributed by atoms with Gasteiger partial charge in [0.2, 0.25) is 5.88 Å². The highest BCUT2D eigenvalue weighted by molar-refractivity contribution is 5.33. The monoisotopic (exact) mass is 378 g/mol. The van der Waals surface area contributed by atoms with Crippen LogP contribution >= 0.6 is 0 Å². The molecule has 0 unspecified atom stereocenters. The first kappa shape index (κ1) is 19.8. The summed E-state index contributed by atoms with van der Waals surface area (Å²) in [6.45, 7) is 7.71. The predicted molar refractivity (Wildman–Crippen MR) is 109 cm³/mol. The lowest BCUT2D eigenvalue weighted by molar-refractivity contribution is 0.0806. The van der Waals surface area contributed by atoms with Crippen molar-refractivity contribution in [1.29, 1.82) is 0 Å². The van der Waals surface area contributed by atoms with Crippen LogP contribution in [0.4, 0.5) is 0 Å². The van der Waals surface area contributed by atoms with Gasteiger partial charge in [0, 0.05) is 11.5 Å². The Morgan fingerprint density at radius 1 is 0.857 bits per heavy atom. The Morgan fingerprint density at radius 3 is 2.36 bits per heavy atom. The molecule has 0 aliphatic carbocycles. The largest absolute Gasteiger partial charge is 0.477 e. The van der Waals surface area contributed by atoms with Crippen LogP contribution in [0.15, 0.2) is 66.7 Å². The third kappa shape index (κ3) is 5.54. The molecule has 3 aromatic rings. The van der Waals surface area contributed by atoms with E-state index >= 15 is 0 Å². The Kier molecular flexibility index (Phi) is 6.61. The summed E-state index contributed by atoms with van der Waals surface area (Å²) in [4.78, 5) is 0. The van der Waals surface area contributed by atoms with E-state index in [0.717, 1.165) is 22.8 Å². The van der Waals surface area contributed by atoms with Crippen LogP contribution in [0.1, 0.15) is 32.0 Å². The van der Waals surface area contributed by atoms with Gasteiger partial charge in [-0.15, -0.1) is 5.10 Å². The van der Waals surface area contributed by atoms with E-state index in [0.29, 0.717) is 25.7 Å². The van der Waals surface area contributed by atoms with Crippen molar-refractivity contribution in [3.8, 4) is 17.4 Å². The number of para-hydroxylation sites is 1. The Labute approximate surface area is 166 Å². The maximum absolute atomic E-state index is 5.97. The van der Waals surface area contributed by atoms with Gasteiger partial charge in [0.25, 0.3) is 0 Å². The van der Waals surface area contributed by atoms with Crippen molar-refractivity contribution in [2.24, 2.45) is 0 Å². The minimum atomic E-state index is -0.254. The molecule has 28 heavy (non-hydrogen) atoms. The third-order valence-corrected chi connectivity index (χ3v) is 4.23. The van der Waals surface area contributed by atoms with Crippen LogP contribution in [-0.2, 0) is 16.8 Å². The second-order valence-corrected chi connectivity index (χ2v) is 7.13. The lowest BCUT2D eigenvalue weighted by atomic mass is 9.90. The van der Waals surface area contributed by atoms with Crippen LogP contribution in [0, 0.1) is 0 Å². The first-order valence-electron chi connectivity index (χ1n) is 9.43. The standard InChI is InChI=1S/C23H26N2O3/c1-4-27-22-14-13-21(24-25-22)23(2,3)17-26-16-18-9-8-12-20(15-18)28-19-10-6-5-7-11-19/h5-15H,4,16-17H2,1-3H3. The first-order valence-corrected chi connectivity index (χ1v) is 9.43. The Balaban J connectivity index is 1.55. The molecule has 0 bridgehead atoms. The molecule has 5 heteroatoms. The van der Waals surface area contributed by atoms with E-state index in [1.165, 1.54) is 0 Å². The minimum Gasteiger partial charge on any atom is -0.477 e. The molecule has 0 saturated heterocycles. The number of benzene rings is 2. The second kappa shape index (κ2) is 9.33. The molecule has 5 nitrogen and oxygen atoms in total. The fraction of sp³-hybridized carbons (Fsp3) is 0.304. The predicted octanol–water partition coefficient (Wildman–Crippen LogP) is 5.16. The summed E-state index contributed by atoms with van der Waals surface area (Å²) in [7, 11) is 0. The van der Waals surface area contributed by atoms with Crippen LogP contribution in [0.3, 0.4) is 0 Å². The lowest BCUT2D eigenvalue weighted by Gasteiger charge is -2.23. The van der Waals surface area contributed by atoms with Gasteiger partial charge >= 0.3 is 0 Å². The Hall–Kier alpha value is -2.92. The van der Waals surface area contributed by atoms with Crippen molar-refractivity contribution in [2.75, 3.05) is 13.2 Å². The first-order chi connectivity index (χ1) is 13.6. The normalized spacial score (nSPS) is 11.2. The fourth-order valence-corrected chi connectivity index (χ4v) is 2.73. The summed E-state index contributed by atoms with van der Waals surface area (Å²) < 4.78 is 17.2. The van der Waals surface area contributed by atoms with Crippen molar-refractivity contribution in [3.63, 3.8) is 0 Å². The van der Waals surface area contributed by atoms with Gasteiger partial charge in [-0.3, -0.25) is 0 Å². The Morgan fingerprint density at radius 2 is 1.64 bits per heavy atom. The number of hydrogen-bond acceptors (Lipinski definition) is 5. The van der Waals surface area contributed by atoms with Gasteiger partial charge in [-0.2, -0.15) is 5.10 Å². The van der Waals surface area contributed by atoms with E-state index in [4.69, 9.17) is 14.2 Å². The molecule has 0 N–H and O–H groups in total. The molecule has 3 rings (SSSR count). The Bertz CT molecular complexity index is 865. The van der Waals surface area contributed by atoms with E-state index in [2.05, 4.69) is 24.0 Å². The summed E-state index contributed by atoms with van der Waals surface area (Å²) in [6, 6.07) is 21.5. The smallest absolute Gasteiger partial charge is 0.233 e. The zero-order valence-electron chi connectivity index (χ0n) is 16.6. The van der Waals surface area contributed by atoms with Crippen molar-refractivity contribution in [3.05, 3.63) is 78.0 Å². The van der Waals surface area contributed by atoms with Gasteiger partial charge in [-0.05, 0) is 42.8 Å². The fourth-order valence-electron chi connectivity index (χ4n) is 2.73. The average molecular weight is 378 g/mol. The molecule has 1 aromatic heterocycles. The number of aromatic nitrogens is 2. The van der Waals surface area contributed by atoms with E-state index in [-0.39, 0.29) is 5.41 Å². The van der Waals surface area contributed by atoms with Gasteiger partial charge in [0.15, 0.2) is 0 Å². The average Bonchev–Trinajstić information content (AvgIpc) is 2.70. The third-order valence-electron chi connectivity index (χ3n) is 4.23. The maximum Gasteiger partial charge on any atom is 0.233 e. The molecule has 0 saturated carbocycles. The highest BCUT2D eigenvalue weighted by atomic mass is 16.5. The van der Waals surface area contributed by atoms with E-state index in [9.17, 15) is 0 Å².